The number of amides is 1. The third-order valence-electron chi connectivity index (χ3n) is 2.36. The molecule has 1 amide bonds. The zero-order chi connectivity index (χ0) is 16.2. The van der Waals surface area contributed by atoms with E-state index in [0.29, 0.717) is 5.56 Å². The maximum atomic E-state index is 11.8. The fraction of sp³-hybridized carbons (Fsp3) is 0.429. The number of carbonyl (C=O) groups is 2. The Morgan fingerprint density at radius 1 is 1.24 bits per heavy atom. The third kappa shape index (κ3) is 6.95. The summed E-state index contributed by atoms with van der Waals surface area (Å²) in [6.07, 6.45) is -0.882. The van der Waals surface area contributed by atoms with Crippen molar-refractivity contribution in [3.05, 3.63) is 32.7 Å². The molecule has 1 aromatic rings. The van der Waals surface area contributed by atoms with E-state index >= 15 is 0 Å². The van der Waals surface area contributed by atoms with Crippen LogP contribution in [0.2, 0.25) is 0 Å². The van der Waals surface area contributed by atoms with E-state index < -0.39 is 23.7 Å². The van der Waals surface area contributed by atoms with Crippen LogP contribution in [0.25, 0.3) is 0 Å². The normalized spacial score (nSPS) is 12.6. The van der Waals surface area contributed by atoms with Gasteiger partial charge < -0.3 is 15.2 Å². The summed E-state index contributed by atoms with van der Waals surface area (Å²) >= 11 is 6.68. The minimum atomic E-state index is -1.01. The van der Waals surface area contributed by atoms with Gasteiger partial charge in [0.15, 0.2) is 0 Å². The molecule has 0 saturated carbocycles. The van der Waals surface area contributed by atoms with Gasteiger partial charge >= 0.3 is 12.1 Å². The number of benzene rings is 1. The first-order valence-corrected chi connectivity index (χ1v) is 7.83. The number of carboxylic acid groups (broad SMARTS) is 1. The average molecular weight is 423 g/mol. The van der Waals surface area contributed by atoms with E-state index in [1.807, 2.05) is 6.07 Å². The van der Waals surface area contributed by atoms with E-state index in [9.17, 15) is 9.59 Å². The molecule has 0 spiro atoms. The zero-order valence-electron chi connectivity index (χ0n) is 11.9. The number of hydrogen-bond donors (Lipinski definition) is 2. The first-order chi connectivity index (χ1) is 9.56. The number of carbonyl (C=O) groups excluding carboxylic acids is 1. The highest BCUT2D eigenvalue weighted by atomic mass is 79.9. The highest BCUT2D eigenvalue weighted by Gasteiger charge is 2.22. The topological polar surface area (TPSA) is 75.6 Å². The lowest BCUT2D eigenvalue weighted by atomic mass is 10.0. The molecule has 0 aliphatic carbocycles. The lowest BCUT2D eigenvalue weighted by Gasteiger charge is -2.23. The van der Waals surface area contributed by atoms with Crippen molar-refractivity contribution in [2.45, 2.75) is 38.8 Å². The van der Waals surface area contributed by atoms with Crippen LogP contribution in [0.15, 0.2) is 27.1 Å². The molecular formula is C14H17Br2NO4. The van der Waals surface area contributed by atoms with Crippen molar-refractivity contribution in [2.75, 3.05) is 0 Å². The number of rotatable bonds is 4. The van der Waals surface area contributed by atoms with Crippen LogP contribution in [0.3, 0.4) is 0 Å². The maximum absolute atomic E-state index is 11.8. The molecule has 5 nitrogen and oxygen atoms in total. The van der Waals surface area contributed by atoms with Gasteiger partial charge in [-0.05, 0) is 44.5 Å². The molecule has 116 valence electrons. The summed E-state index contributed by atoms with van der Waals surface area (Å²) in [6.45, 7) is 5.23. The van der Waals surface area contributed by atoms with Crippen LogP contribution in [0, 0.1) is 0 Å². The van der Waals surface area contributed by atoms with E-state index in [0.717, 1.165) is 8.95 Å². The predicted molar refractivity (Wildman–Crippen MR) is 86.2 cm³/mol. The van der Waals surface area contributed by atoms with Crippen LogP contribution < -0.4 is 5.32 Å². The van der Waals surface area contributed by atoms with Crippen molar-refractivity contribution in [3.63, 3.8) is 0 Å². The fourth-order valence-electron chi connectivity index (χ4n) is 1.65. The lowest BCUT2D eigenvalue weighted by molar-refractivity contribution is -0.137. The Kier molecular flexibility index (Phi) is 6.22. The second-order valence-electron chi connectivity index (χ2n) is 5.50. The summed E-state index contributed by atoms with van der Waals surface area (Å²) in [5.41, 5.74) is 0.0277. The Labute approximate surface area is 140 Å². The monoisotopic (exact) mass is 421 g/mol. The molecule has 0 aliphatic heterocycles. The van der Waals surface area contributed by atoms with E-state index in [2.05, 4.69) is 37.2 Å². The van der Waals surface area contributed by atoms with E-state index in [4.69, 9.17) is 9.84 Å². The molecule has 1 atom stereocenters. The van der Waals surface area contributed by atoms with Crippen molar-refractivity contribution < 1.29 is 19.4 Å². The summed E-state index contributed by atoms with van der Waals surface area (Å²) in [6, 6.07) is 4.67. The van der Waals surface area contributed by atoms with Crippen LogP contribution in [0.1, 0.15) is 38.8 Å². The van der Waals surface area contributed by atoms with Gasteiger partial charge in [0.25, 0.3) is 0 Å². The van der Waals surface area contributed by atoms with Gasteiger partial charge in [-0.25, -0.2) is 4.79 Å². The van der Waals surface area contributed by atoms with Crippen molar-refractivity contribution in [1.29, 1.82) is 0 Å². The van der Waals surface area contributed by atoms with Gasteiger partial charge in [0.2, 0.25) is 0 Å². The highest BCUT2D eigenvalue weighted by Crippen LogP contribution is 2.26. The largest absolute Gasteiger partial charge is 0.481 e. The standard InChI is InChI=1S/C14H17Br2NO4/c1-14(2,3)21-13(20)17-11(7-12(18)19)8-4-9(15)6-10(16)5-8/h4-6,11H,7H2,1-3H3,(H,17,20)(H,18,19)/t11-/m0/s1. The molecule has 7 heteroatoms. The first-order valence-electron chi connectivity index (χ1n) is 6.24. The Hall–Kier alpha value is -1.08. The molecule has 0 saturated heterocycles. The summed E-state index contributed by atoms with van der Waals surface area (Å²) in [7, 11) is 0. The number of nitrogens with one attached hydrogen (secondary N) is 1. The SMILES string of the molecule is CC(C)(C)OC(=O)N[C@@H](CC(=O)O)c1cc(Br)cc(Br)c1. The first kappa shape index (κ1) is 18.0. The molecular weight excluding hydrogens is 406 g/mol. The lowest BCUT2D eigenvalue weighted by Crippen LogP contribution is -2.35. The predicted octanol–water partition coefficient (Wildman–Crippen LogP) is 4.25. The third-order valence-corrected chi connectivity index (χ3v) is 3.27. The number of halogens is 2. The fourth-order valence-corrected chi connectivity index (χ4v) is 2.98. The van der Waals surface area contributed by atoms with Crippen LogP contribution in [-0.4, -0.2) is 22.8 Å². The number of carboxylic acids is 1. The molecule has 1 rings (SSSR count). The summed E-state index contributed by atoms with van der Waals surface area (Å²) in [4.78, 5) is 22.8. The molecule has 1 aromatic carbocycles. The summed E-state index contributed by atoms with van der Waals surface area (Å²) in [5, 5.41) is 11.6. The molecule has 0 aliphatic rings. The van der Waals surface area contributed by atoms with Gasteiger partial charge in [0, 0.05) is 8.95 Å². The molecule has 21 heavy (non-hydrogen) atoms. The Balaban J connectivity index is 2.95. The van der Waals surface area contributed by atoms with Crippen LogP contribution in [-0.2, 0) is 9.53 Å². The van der Waals surface area contributed by atoms with Gasteiger partial charge in [-0.3, -0.25) is 4.79 Å². The Morgan fingerprint density at radius 2 is 1.76 bits per heavy atom. The van der Waals surface area contributed by atoms with Crippen LogP contribution in [0.4, 0.5) is 4.79 Å². The van der Waals surface area contributed by atoms with E-state index in [-0.39, 0.29) is 6.42 Å². The van der Waals surface area contributed by atoms with Crippen LogP contribution in [0.5, 0.6) is 0 Å². The van der Waals surface area contributed by atoms with Gasteiger partial charge in [0.05, 0.1) is 12.5 Å². The minimum absolute atomic E-state index is 0.234. The Morgan fingerprint density at radius 3 is 2.19 bits per heavy atom. The van der Waals surface area contributed by atoms with E-state index in [1.54, 1.807) is 32.9 Å². The van der Waals surface area contributed by atoms with Crippen molar-refractivity contribution >= 4 is 43.9 Å². The smallest absolute Gasteiger partial charge is 0.408 e. The van der Waals surface area contributed by atoms with E-state index in [1.165, 1.54) is 0 Å². The van der Waals surface area contributed by atoms with Gasteiger partial charge in [-0.15, -0.1) is 0 Å². The van der Waals surface area contributed by atoms with Gasteiger partial charge in [-0.2, -0.15) is 0 Å². The molecule has 0 radical (unpaired) electrons. The number of hydrogen-bond acceptors (Lipinski definition) is 3. The van der Waals surface area contributed by atoms with Crippen LogP contribution >= 0.6 is 31.9 Å². The second kappa shape index (κ2) is 7.26. The molecule has 0 fully saturated rings. The van der Waals surface area contributed by atoms with Crippen molar-refractivity contribution in [1.82, 2.24) is 5.32 Å². The highest BCUT2D eigenvalue weighted by molar-refractivity contribution is 9.11. The van der Waals surface area contributed by atoms with Gasteiger partial charge in [0.1, 0.15) is 5.60 Å². The summed E-state index contributed by atoms with van der Waals surface area (Å²) in [5.74, 6) is -1.01. The summed E-state index contributed by atoms with van der Waals surface area (Å²) < 4.78 is 6.74. The molecule has 0 bridgehead atoms. The van der Waals surface area contributed by atoms with Gasteiger partial charge in [-0.1, -0.05) is 31.9 Å². The molecule has 0 heterocycles. The number of alkyl carbamates (subject to hydrolysis) is 1. The second-order valence-corrected chi connectivity index (χ2v) is 7.33. The minimum Gasteiger partial charge on any atom is -0.481 e. The quantitative estimate of drug-likeness (QED) is 0.760. The molecule has 2 N–H and O–H groups in total. The molecule has 0 unspecified atom stereocenters. The average Bonchev–Trinajstić information content (AvgIpc) is 2.23. The number of ether oxygens (including phenoxy) is 1. The molecule has 0 aromatic heterocycles. The maximum Gasteiger partial charge on any atom is 0.408 e. The Bertz CT molecular complexity index is 520. The zero-order valence-corrected chi connectivity index (χ0v) is 15.1. The van der Waals surface area contributed by atoms with Crippen molar-refractivity contribution in [2.24, 2.45) is 0 Å². The number of aliphatic carboxylic acids is 1. The van der Waals surface area contributed by atoms with Crippen molar-refractivity contribution in [3.8, 4) is 0 Å².